The Hall–Kier alpha value is -2.47. The molecule has 1 N–H and O–H groups in total. The van der Waals surface area contributed by atoms with Crippen molar-refractivity contribution in [1.82, 2.24) is 4.90 Å². The Morgan fingerprint density at radius 3 is 2.54 bits per heavy atom. The molecule has 1 aliphatic heterocycles. The molecule has 6 heteroatoms. The number of ether oxygens (including phenoxy) is 1. The number of amides is 1. The van der Waals surface area contributed by atoms with E-state index in [2.05, 4.69) is 0 Å². The number of carbonyl (C=O) groups is 1. The van der Waals surface area contributed by atoms with Gasteiger partial charge in [-0.3, -0.25) is 4.79 Å². The Balaban J connectivity index is 1.48. The van der Waals surface area contributed by atoms with E-state index in [4.69, 9.17) is 9.84 Å². The molecule has 1 saturated heterocycles. The predicted molar refractivity (Wildman–Crippen MR) is 92.6 cm³/mol. The molecule has 26 heavy (non-hydrogen) atoms. The van der Waals surface area contributed by atoms with E-state index < -0.39 is 11.6 Å². The molecule has 1 unspecified atom stereocenters. The maximum Gasteiger partial charge on any atom is 0.260 e. The van der Waals surface area contributed by atoms with Gasteiger partial charge in [0.25, 0.3) is 5.91 Å². The minimum absolute atomic E-state index is 0.0354. The van der Waals surface area contributed by atoms with Gasteiger partial charge in [-0.1, -0.05) is 18.2 Å². The Labute approximate surface area is 151 Å². The van der Waals surface area contributed by atoms with Crippen molar-refractivity contribution in [2.45, 2.75) is 19.4 Å². The lowest BCUT2D eigenvalue weighted by Gasteiger charge is -2.17. The zero-order chi connectivity index (χ0) is 18.5. The quantitative estimate of drug-likeness (QED) is 0.861. The molecule has 0 spiro atoms. The van der Waals surface area contributed by atoms with Gasteiger partial charge in [-0.2, -0.15) is 0 Å². The van der Waals surface area contributed by atoms with E-state index in [1.54, 1.807) is 35.2 Å². The molecule has 1 aliphatic rings. The molecule has 0 bridgehead atoms. The Bertz CT molecular complexity index is 764. The van der Waals surface area contributed by atoms with Crippen molar-refractivity contribution in [1.29, 1.82) is 0 Å². The normalized spacial score (nSPS) is 16.7. The molecule has 1 amide bonds. The zero-order valence-corrected chi connectivity index (χ0v) is 14.3. The second-order valence-corrected chi connectivity index (χ2v) is 6.54. The number of hydrogen-bond acceptors (Lipinski definition) is 3. The first-order valence-electron chi connectivity index (χ1n) is 8.59. The van der Waals surface area contributed by atoms with E-state index in [9.17, 15) is 13.6 Å². The monoisotopic (exact) mass is 361 g/mol. The third-order valence-electron chi connectivity index (χ3n) is 4.62. The average Bonchev–Trinajstić information content (AvgIpc) is 3.12. The lowest BCUT2D eigenvalue weighted by Crippen LogP contribution is -2.33. The fourth-order valence-corrected chi connectivity index (χ4v) is 3.15. The molecule has 0 aliphatic carbocycles. The lowest BCUT2D eigenvalue weighted by molar-refractivity contribution is -0.132. The second-order valence-electron chi connectivity index (χ2n) is 6.54. The number of benzene rings is 2. The summed E-state index contributed by atoms with van der Waals surface area (Å²) in [6.45, 7) is 1.15. The molecule has 3 rings (SSSR count). The average molecular weight is 361 g/mol. The third kappa shape index (κ3) is 4.58. The lowest BCUT2D eigenvalue weighted by atomic mass is 9.98. The number of likely N-dealkylation sites (tertiary alicyclic amines) is 1. The Kier molecular flexibility index (Phi) is 5.83. The highest BCUT2D eigenvalue weighted by atomic mass is 19.2. The van der Waals surface area contributed by atoms with Gasteiger partial charge >= 0.3 is 0 Å². The van der Waals surface area contributed by atoms with E-state index in [1.807, 2.05) is 0 Å². The highest BCUT2D eigenvalue weighted by Crippen LogP contribution is 2.22. The fraction of sp³-hybridized carbons (Fsp3) is 0.350. The molecule has 2 aromatic carbocycles. The molecule has 138 valence electrons. The van der Waals surface area contributed by atoms with Crippen LogP contribution in [0.25, 0.3) is 0 Å². The van der Waals surface area contributed by atoms with Gasteiger partial charge in [0.05, 0.1) is 6.61 Å². The van der Waals surface area contributed by atoms with Crippen molar-refractivity contribution in [3.63, 3.8) is 0 Å². The summed E-state index contributed by atoms with van der Waals surface area (Å²) < 4.78 is 31.8. The van der Waals surface area contributed by atoms with Crippen LogP contribution in [0.15, 0.2) is 42.5 Å². The van der Waals surface area contributed by atoms with Gasteiger partial charge < -0.3 is 14.7 Å². The molecule has 0 radical (unpaired) electrons. The van der Waals surface area contributed by atoms with Crippen molar-refractivity contribution in [3.8, 4) is 5.75 Å². The van der Waals surface area contributed by atoms with E-state index in [-0.39, 0.29) is 25.0 Å². The smallest absolute Gasteiger partial charge is 0.260 e. The van der Waals surface area contributed by atoms with Gasteiger partial charge in [-0.25, -0.2) is 8.78 Å². The van der Waals surface area contributed by atoms with E-state index in [0.29, 0.717) is 25.3 Å². The Morgan fingerprint density at radius 2 is 1.85 bits per heavy atom. The van der Waals surface area contributed by atoms with Crippen LogP contribution in [-0.2, 0) is 17.8 Å². The first-order valence-corrected chi connectivity index (χ1v) is 8.59. The summed E-state index contributed by atoms with van der Waals surface area (Å²) in [6.07, 6.45) is 1.44. The number of aliphatic hydroxyl groups excluding tert-OH is 1. The van der Waals surface area contributed by atoms with Crippen molar-refractivity contribution in [2.24, 2.45) is 5.92 Å². The molecule has 1 atom stereocenters. The van der Waals surface area contributed by atoms with Crippen molar-refractivity contribution < 1.29 is 23.4 Å². The standard InChI is InChI=1S/C20H21F2NO3/c21-18-6-3-15(10-19(18)22)9-16-7-8-23(11-16)20(25)13-26-17-4-1-14(12-24)2-5-17/h1-6,10,16,24H,7-9,11-13H2. The molecule has 4 nitrogen and oxygen atoms in total. The first-order chi connectivity index (χ1) is 12.5. The van der Waals surface area contributed by atoms with Crippen LogP contribution in [0.4, 0.5) is 8.78 Å². The number of rotatable bonds is 6. The second kappa shape index (κ2) is 8.27. The molecule has 0 aromatic heterocycles. The third-order valence-corrected chi connectivity index (χ3v) is 4.62. The SMILES string of the molecule is O=C(COc1ccc(CO)cc1)N1CCC(Cc2ccc(F)c(F)c2)C1. The van der Waals surface area contributed by atoms with E-state index in [0.717, 1.165) is 23.6 Å². The van der Waals surface area contributed by atoms with Gasteiger partial charge in [-0.05, 0) is 54.2 Å². The highest BCUT2D eigenvalue weighted by Gasteiger charge is 2.26. The van der Waals surface area contributed by atoms with Crippen LogP contribution < -0.4 is 4.74 Å². The summed E-state index contributed by atoms with van der Waals surface area (Å²) in [4.78, 5) is 14.0. The topological polar surface area (TPSA) is 49.8 Å². The minimum Gasteiger partial charge on any atom is -0.484 e. The maximum absolute atomic E-state index is 13.3. The molecule has 1 fully saturated rings. The summed E-state index contributed by atoms with van der Waals surface area (Å²) in [5.41, 5.74) is 1.52. The number of aliphatic hydroxyl groups is 1. The first kappa shape index (κ1) is 18.3. The molecular formula is C20H21F2NO3. The predicted octanol–water partition coefficient (Wildman–Crippen LogP) is 2.93. The van der Waals surface area contributed by atoms with Crippen LogP contribution in [0.2, 0.25) is 0 Å². The minimum atomic E-state index is -0.846. The van der Waals surface area contributed by atoms with E-state index in [1.165, 1.54) is 6.07 Å². The molecule has 0 saturated carbocycles. The van der Waals surface area contributed by atoms with Crippen LogP contribution in [0.5, 0.6) is 5.75 Å². The largest absolute Gasteiger partial charge is 0.484 e. The summed E-state index contributed by atoms with van der Waals surface area (Å²) in [6, 6.07) is 10.9. The van der Waals surface area contributed by atoms with Gasteiger partial charge in [0.1, 0.15) is 5.75 Å². The van der Waals surface area contributed by atoms with Gasteiger partial charge in [-0.15, -0.1) is 0 Å². The van der Waals surface area contributed by atoms with Crippen molar-refractivity contribution in [2.75, 3.05) is 19.7 Å². The number of halogens is 2. The summed E-state index contributed by atoms with van der Waals surface area (Å²) in [5.74, 6) is -0.972. The van der Waals surface area contributed by atoms with Crippen molar-refractivity contribution in [3.05, 3.63) is 65.2 Å². The zero-order valence-electron chi connectivity index (χ0n) is 14.3. The summed E-state index contributed by atoms with van der Waals surface area (Å²) in [5, 5.41) is 9.01. The van der Waals surface area contributed by atoms with E-state index >= 15 is 0 Å². The number of nitrogens with zero attached hydrogens (tertiary/aromatic N) is 1. The molecular weight excluding hydrogens is 340 g/mol. The maximum atomic E-state index is 13.3. The van der Waals surface area contributed by atoms with Gasteiger partial charge in [0.15, 0.2) is 18.2 Å². The number of hydrogen-bond donors (Lipinski definition) is 1. The van der Waals surface area contributed by atoms with Crippen LogP contribution >= 0.6 is 0 Å². The molecule has 2 aromatic rings. The highest BCUT2D eigenvalue weighted by molar-refractivity contribution is 5.78. The van der Waals surface area contributed by atoms with Crippen molar-refractivity contribution >= 4 is 5.91 Å². The summed E-state index contributed by atoms with van der Waals surface area (Å²) >= 11 is 0. The molecule has 1 heterocycles. The van der Waals surface area contributed by atoms with Crippen LogP contribution in [0, 0.1) is 17.6 Å². The van der Waals surface area contributed by atoms with Crippen LogP contribution in [0.1, 0.15) is 17.5 Å². The van der Waals surface area contributed by atoms with Crippen LogP contribution in [-0.4, -0.2) is 35.6 Å². The fourth-order valence-electron chi connectivity index (χ4n) is 3.15. The van der Waals surface area contributed by atoms with Gasteiger partial charge in [0.2, 0.25) is 0 Å². The van der Waals surface area contributed by atoms with Crippen LogP contribution in [0.3, 0.4) is 0 Å². The Morgan fingerprint density at radius 1 is 1.12 bits per heavy atom. The summed E-state index contributed by atoms with van der Waals surface area (Å²) in [7, 11) is 0. The number of carbonyl (C=O) groups excluding carboxylic acids is 1. The van der Waals surface area contributed by atoms with Gasteiger partial charge in [0, 0.05) is 13.1 Å².